The number of aromatic carboxylic acids is 1. The van der Waals surface area contributed by atoms with E-state index in [1.165, 1.54) is 25.1 Å². The molecule has 0 aliphatic carbocycles. The Hall–Kier alpha value is -3.15. The van der Waals surface area contributed by atoms with Gasteiger partial charge in [-0.05, 0) is 36.2 Å². The predicted octanol–water partition coefficient (Wildman–Crippen LogP) is 2.79. The lowest BCUT2D eigenvalue weighted by molar-refractivity contribution is -0.136. The van der Waals surface area contributed by atoms with Crippen LogP contribution in [0.2, 0.25) is 0 Å². The minimum Gasteiger partial charge on any atom is -0.489 e. The molecule has 24 heavy (non-hydrogen) atoms. The summed E-state index contributed by atoms with van der Waals surface area (Å²) in [5, 5.41) is 18.0. The Bertz CT molecular complexity index is 794. The van der Waals surface area contributed by atoms with Crippen LogP contribution in [-0.4, -0.2) is 27.9 Å². The van der Waals surface area contributed by atoms with Crippen molar-refractivity contribution >= 4 is 17.7 Å². The van der Waals surface area contributed by atoms with Crippen LogP contribution in [0.1, 0.15) is 38.8 Å². The number of ether oxygens (including phenoxy) is 1. The van der Waals surface area contributed by atoms with E-state index in [2.05, 4.69) is 0 Å². The van der Waals surface area contributed by atoms with Crippen LogP contribution in [0.5, 0.6) is 5.75 Å². The minimum atomic E-state index is -1.20. The molecule has 0 unspecified atom stereocenters. The van der Waals surface area contributed by atoms with Crippen molar-refractivity contribution in [3.05, 3.63) is 64.7 Å². The summed E-state index contributed by atoms with van der Waals surface area (Å²) in [4.78, 5) is 33.4. The molecule has 0 radical (unpaired) electrons. The van der Waals surface area contributed by atoms with Gasteiger partial charge in [0.15, 0.2) is 5.78 Å². The molecule has 0 spiro atoms. The fourth-order valence-electron chi connectivity index (χ4n) is 2.27. The van der Waals surface area contributed by atoms with Crippen LogP contribution in [0.25, 0.3) is 0 Å². The molecule has 2 aromatic rings. The summed E-state index contributed by atoms with van der Waals surface area (Å²) in [7, 11) is 0. The predicted molar refractivity (Wildman–Crippen MR) is 85.5 cm³/mol. The zero-order chi connectivity index (χ0) is 17.7. The molecular formula is C18H16O6. The summed E-state index contributed by atoms with van der Waals surface area (Å²) in [6.45, 7) is 1.46. The van der Waals surface area contributed by atoms with E-state index in [-0.39, 0.29) is 29.9 Å². The highest BCUT2D eigenvalue weighted by molar-refractivity contribution is 6.05. The third kappa shape index (κ3) is 4.42. The van der Waals surface area contributed by atoms with Crippen molar-refractivity contribution in [2.75, 3.05) is 0 Å². The number of rotatable bonds is 7. The lowest BCUT2D eigenvalue weighted by Gasteiger charge is -2.10. The van der Waals surface area contributed by atoms with Crippen LogP contribution in [0.4, 0.5) is 0 Å². The Balaban J connectivity index is 2.15. The molecule has 0 saturated carbocycles. The number of carboxylic acid groups (broad SMARTS) is 2. The van der Waals surface area contributed by atoms with Crippen molar-refractivity contribution in [3.8, 4) is 5.75 Å². The van der Waals surface area contributed by atoms with Gasteiger partial charge in [-0.15, -0.1) is 0 Å². The minimum absolute atomic E-state index is 0.0791. The van der Waals surface area contributed by atoms with Crippen molar-refractivity contribution < 1.29 is 29.3 Å². The number of carbonyl (C=O) groups is 3. The van der Waals surface area contributed by atoms with Crippen LogP contribution >= 0.6 is 0 Å². The maximum Gasteiger partial charge on any atom is 0.336 e. The highest BCUT2D eigenvalue weighted by Gasteiger charge is 2.14. The number of hydrogen-bond acceptors (Lipinski definition) is 4. The number of hydrogen-bond donors (Lipinski definition) is 2. The first-order valence-electron chi connectivity index (χ1n) is 7.17. The number of aliphatic carboxylic acids is 1. The summed E-state index contributed by atoms with van der Waals surface area (Å²) in [5.74, 6) is -2.13. The average molecular weight is 328 g/mol. The molecule has 0 aliphatic rings. The van der Waals surface area contributed by atoms with Crippen LogP contribution in [0.15, 0.2) is 42.5 Å². The van der Waals surface area contributed by atoms with Crippen molar-refractivity contribution in [2.45, 2.75) is 20.0 Å². The van der Waals surface area contributed by atoms with E-state index in [0.717, 1.165) is 5.56 Å². The molecule has 2 N–H and O–H groups in total. The lowest BCUT2D eigenvalue weighted by atomic mass is 10.0. The summed E-state index contributed by atoms with van der Waals surface area (Å²) in [5.41, 5.74) is 1.43. The number of ketones is 1. The third-order valence-corrected chi connectivity index (χ3v) is 3.35. The second-order valence-corrected chi connectivity index (χ2v) is 5.25. The van der Waals surface area contributed by atoms with E-state index in [4.69, 9.17) is 9.84 Å². The van der Waals surface area contributed by atoms with Gasteiger partial charge in [0.2, 0.25) is 0 Å². The van der Waals surface area contributed by atoms with Gasteiger partial charge in [-0.25, -0.2) is 4.79 Å². The normalized spacial score (nSPS) is 10.2. The molecule has 0 fully saturated rings. The molecule has 6 heteroatoms. The van der Waals surface area contributed by atoms with Gasteiger partial charge >= 0.3 is 11.9 Å². The van der Waals surface area contributed by atoms with Gasteiger partial charge in [0.25, 0.3) is 0 Å². The van der Waals surface area contributed by atoms with Gasteiger partial charge in [0, 0.05) is 5.56 Å². The quantitative estimate of drug-likeness (QED) is 0.758. The molecule has 0 aliphatic heterocycles. The Morgan fingerprint density at radius 1 is 0.958 bits per heavy atom. The van der Waals surface area contributed by atoms with Crippen LogP contribution in [0, 0.1) is 0 Å². The molecule has 6 nitrogen and oxygen atoms in total. The summed E-state index contributed by atoms with van der Waals surface area (Å²) < 4.78 is 5.56. The van der Waals surface area contributed by atoms with E-state index in [0.29, 0.717) is 11.3 Å². The molecule has 0 amide bonds. The second kappa shape index (κ2) is 7.41. The fourth-order valence-corrected chi connectivity index (χ4v) is 2.27. The average Bonchev–Trinajstić information content (AvgIpc) is 2.52. The first-order chi connectivity index (χ1) is 11.4. The van der Waals surface area contributed by atoms with E-state index in [9.17, 15) is 19.5 Å². The van der Waals surface area contributed by atoms with Gasteiger partial charge in [-0.3, -0.25) is 9.59 Å². The zero-order valence-corrected chi connectivity index (χ0v) is 13.0. The smallest absolute Gasteiger partial charge is 0.336 e. The number of carboxylic acids is 2. The molecule has 0 saturated heterocycles. The van der Waals surface area contributed by atoms with E-state index in [1.54, 1.807) is 24.3 Å². The molecule has 0 atom stereocenters. The summed E-state index contributed by atoms with van der Waals surface area (Å²) >= 11 is 0. The molecule has 0 aromatic heterocycles. The molecule has 0 bridgehead atoms. The third-order valence-electron chi connectivity index (χ3n) is 3.35. The van der Waals surface area contributed by atoms with Crippen molar-refractivity contribution in [3.63, 3.8) is 0 Å². The Morgan fingerprint density at radius 2 is 1.67 bits per heavy atom. The maximum atomic E-state index is 11.4. The molecule has 124 valence electrons. The molecule has 2 aromatic carbocycles. The van der Waals surface area contributed by atoms with E-state index >= 15 is 0 Å². The van der Waals surface area contributed by atoms with Gasteiger partial charge in [0.05, 0.1) is 12.0 Å². The maximum absolute atomic E-state index is 11.4. The van der Waals surface area contributed by atoms with Gasteiger partial charge in [-0.1, -0.05) is 24.3 Å². The van der Waals surface area contributed by atoms with E-state index in [1.807, 2.05) is 0 Å². The molecular weight excluding hydrogens is 312 g/mol. The summed E-state index contributed by atoms with van der Waals surface area (Å²) in [6.07, 6.45) is -0.0791. The van der Waals surface area contributed by atoms with Crippen molar-refractivity contribution in [1.29, 1.82) is 0 Å². The standard InChI is InChI=1S/C18H16O6/c1-11(19)15-6-5-14(9-16(15)18(22)23)24-10-13-4-2-3-12(7-13)8-17(20)21/h2-7,9H,8,10H2,1H3,(H,20,21)(H,22,23). The molecule has 2 rings (SSSR count). The van der Waals surface area contributed by atoms with Crippen LogP contribution in [-0.2, 0) is 17.8 Å². The number of benzene rings is 2. The highest BCUT2D eigenvalue weighted by atomic mass is 16.5. The van der Waals surface area contributed by atoms with Crippen molar-refractivity contribution in [1.82, 2.24) is 0 Å². The number of Topliss-reactive ketones (excluding diaryl/α,β-unsaturated/α-hetero) is 1. The Kier molecular flexibility index (Phi) is 5.31. The Labute approximate surface area is 138 Å². The first-order valence-corrected chi connectivity index (χ1v) is 7.17. The summed E-state index contributed by atoms with van der Waals surface area (Å²) in [6, 6.07) is 11.2. The SMILES string of the molecule is CC(=O)c1ccc(OCc2cccc(CC(=O)O)c2)cc1C(=O)O. The van der Waals surface area contributed by atoms with Gasteiger partial charge in [0.1, 0.15) is 12.4 Å². The topological polar surface area (TPSA) is 101 Å². The van der Waals surface area contributed by atoms with E-state index < -0.39 is 11.9 Å². The highest BCUT2D eigenvalue weighted by Crippen LogP contribution is 2.20. The lowest BCUT2D eigenvalue weighted by Crippen LogP contribution is -2.07. The Morgan fingerprint density at radius 3 is 2.29 bits per heavy atom. The van der Waals surface area contributed by atoms with Crippen LogP contribution in [0.3, 0.4) is 0 Å². The van der Waals surface area contributed by atoms with Crippen LogP contribution < -0.4 is 4.74 Å². The fraction of sp³-hybridized carbons (Fsp3) is 0.167. The van der Waals surface area contributed by atoms with Gasteiger partial charge in [-0.2, -0.15) is 0 Å². The zero-order valence-electron chi connectivity index (χ0n) is 13.0. The number of carbonyl (C=O) groups excluding carboxylic acids is 1. The monoisotopic (exact) mass is 328 g/mol. The van der Waals surface area contributed by atoms with Crippen molar-refractivity contribution in [2.24, 2.45) is 0 Å². The first kappa shape index (κ1) is 17.2. The largest absolute Gasteiger partial charge is 0.489 e. The van der Waals surface area contributed by atoms with Gasteiger partial charge < -0.3 is 14.9 Å². The molecule has 0 heterocycles. The second-order valence-electron chi connectivity index (χ2n) is 5.25.